The quantitative estimate of drug-likeness (QED) is 0.853. The maximum Gasteiger partial charge on any atom is 0.335 e. The fraction of sp³-hybridized carbons (Fsp3) is 0.400. The number of rotatable bonds is 4. The van der Waals surface area contributed by atoms with Gasteiger partial charge in [0.25, 0.3) is 0 Å². The Morgan fingerprint density at radius 2 is 2.14 bits per heavy atom. The first-order chi connectivity index (χ1) is 10.0. The second kappa shape index (κ2) is 6.39. The molecule has 0 bridgehead atoms. The van der Waals surface area contributed by atoms with E-state index in [1.807, 2.05) is 0 Å². The van der Waals surface area contributed by atoms with E-state index >= 15 is 0 Å². The van der Waals surface area contributed by atoms with Gasteiger partial charge in [0.2, 0.25) is 11.8 Å². The molecule has 2 amide bonds. The maximum atomic E-state index is 12.3. The zero-order chi connectivity index (χ0) is 15.4. The average Bonchev–Trinajstić information content (AvgIpc) is 2.96. The third-order valence-corrected chi connectivity index (χ3v) is 3.65. The summed E-state index contributed by atoms with van der Waals surface area (Å²) in [5, 5.41) is 11.5. The first kappa shape index (κ1) is 15.0. The second-order valence-electron chi connectivity index (χ2n) is 5.04. The highest BCUT2D eigenvalue weighted by molar-refractivity contribution is 5.90. The number of likely N-dealkylation sites (tertiary alicyclic amines) is 1. The van der Waals surface area contributed by atoms with E-state index < -0.39 is 12.0 Å². The lowest BCUT2D eigenvalue weighted by Crippen LogP contribution is -2.45. The lowest BCUT2D eigenvalue weighted by molar-refractivity contribution is -0.137. The van der Waals surface area contributed by atoms with Gasteiger partial charge < -0.3 is 15.3 Å². The van der Waals surface area contributed by atoms with Crippen LogP contribution in [0.2, 0.25) is 0 Å². The van der Waals surface area contributed by atoms with Gasteiger partial charge in [0, 0.05) is 13.6 Å². The van der Waals surface area contributed by atoms with Crippen molar-refractivity contribution in [3.05, 3.63) is 35.4 Å². The second-order valence-corrected chi connectivity index (χ2v) is 5.04. The minimum atomic E-state index is -1.02. The molecule has 1 aliphatic heterocycles. The number of benzene rings is 1. The summed E-state index contributed by atoms with van der Waals surface area (Å²) in [6.45, 7) is 0.565. The molecule has 1 fully saturated rings. The summed E-state index contributed by atoms with van der Waals surface area (Å²) in [5.74, 6) is -1.32. The maximum absolute atomic E-state index is 12.3. The number of aromatic carboxylic acids is 1. The summed E-state index contributed by atoms with van der Waals surface area (Å²) in [5.41, 5.74) is 0.798. The molecular formula is C15H18N2O4. The number of likely N-dealkylation sites (N-methyl/N-ethyl adjacent to an activating group) is 1. The van der Waals surface area contributed by atoms with Gasteiger partial charge in [-0.05, 0) is 30.5 Å². The molecule has 0 saturated carbocycles. The number of nitrogens with zero attached hydrogens (tertiary/aromatic N) is 1. The van der Waals surface area contributed by atoms with Gasteiger partial charge >= 0.3 is 5.97 Å². The SMILES string of the molecule is CNC(=O)C1CCCN1C(=O)Cc1cccc(C(=O)O)c1. The van der Waals surface area contributed by atoms with Crippen molar-refractivity contribution >= 4 is 17.8 Å². The predicted molar refractivity (Wildman–Crippen MR) is 75.9 cm³/mol. The van der Waals surface area contributed by atoms with Crippen LogP contribution in [0.25, 0.3) is 0 Å². The van der Waals surface area contributed by atoms with Gasteiger partial charge in [-0.2, -0.15) is 0 Å². The van der Waals surface area contributed by atoms with E-state index in [0.717, 1.165) is 6.42 Å². The van der Waals surface area contributed by atoms with Crippen molar-refractivity contribution in [2.45, 2.75) is 25.3 Å². The Labute approximate surface area is 122 Å². The van der Waals surface area contributed by atoms with E-state index in [1.54, 1.807) is 24.1 Å². The molecule has 1 aromatic rings. The molecular weight excluding hydrogens is 272 g/mol. The van der Waals surface area contributed by atoms with Crippen LogP contribution in [0.4, 0.5) is 0 Å². The number of carbonyl (C=O) groups excluding carboxylic acids is 2. The normalized spacial score (nSPS) is 17.6. The van der Waals surface area contributed by atoms with Gasteiger partial charge in [-0.25, -0.2) is 4.79 Å². The number of carboxylic acid groups (broad SMARTS) is 1. The van der Waals surface area contributed by atoms with Crippen molar-refractivity contribution in [2.24, 2.45) is 0 Å². The Morgan fingerprint density at radius 3 is 2.81 bits per heavy atom. The molecule has 6 heteroatoms. The monoisotopic (exact) mass is 290 g/mol. The zero-order valence-electron chi connectivity index (χ0n) is 11.8. The third-order valence-electron chi connectivity index (χ3n) is 3.65. The number of nitrogens with one attached hydrogen (secondary N) is 1. The van der Waals surface area contributed by atoms with Crippen LogP contribution in [0, 0.1) is 0 Å². The highest BCUT2D eigenvalue weighted by atomic mass is 16.4. The largest absolute Gasteiger partial charge is 0.478 e. The summed E-state index contributed by atoms with van der Waals surface area (Å²) in [4.78, 5) is 36.6. The lowest BCUT2D eigenvalue weighted by atomic mass is 10.1. The number of amides is 2. The number of hydrogen-bond donors (Lipinski definition) is 2. The fourth-order valence-electron chi connectivity index (χ4n) is 2.59. The van der Waals surface area contributed by atoms with Gasteiger partial charge in [0.05, 0.1) is 12.0 Å². The topological polar surface area (TPSA) is 86.7 Å². The summed E-state index contributed by atoms with van der Waals surface area (Å²) in [6.07, 6.45) is 1.58. The Bertz CT molecular complexity index is 571. The molecule has 112 valence electrons. The van der Waals surface area contributed by atoms with Crippen LogP contribution in [0.15, 0.2) is 24.3 Å². The number of carbonyl (C=O) groups is 3. The van der Waals surface area contributed by atoms with Crippen LogP contribution >= 0.6 is 0 Å². The van der Waals surface area contributed by atoms with E-state index in [4.69, 9.17) is 5.11 Å². The molecule has 1 unspecified atom stereocenters. The van der Waals surface area contributed by atoms with Gasteiger partial charge in [-0.1, -0.05) is 12.1 Å². The molecule has 21 heavy (non-hydrogen) atoms. The van der Waals surface area contributed by atoms with Crippen LogP contribution in [-0.2, 0) is 16.0 Å². The molecule has 0 aliphatic carbocycles. The van der Waals surface area contributed by atoms with Gasteiger partial charge in [-0.15, -0.1) is 0 Å². The van der Waals surface area contributed by atoms with Gasteiger partial charge in [0.15, 0.2) is 0 Å². The molecule has 0 spiro atoms. The molecule has 2 N–H and O–H groups in total. The molecule has 0 aromatic heterocycles. The third kappa shape index (κ3) is 3.39. The fourth-order valence-corrected chi connectivity index (χ4v) is 2.59. The summed E-state index contributed by atoms with van der Waals surface area (Å²) in [7, 11) is 1.56. The first-order valence-electron chi connectivity index (χ1n) is 6.86. The smallest absolute Gasteiger partial charge is 0.335 e. The minimum Gasteiger partial charge on any atom is -0.478 e. The summed E-state index contributed by atoms with van der Waals surface area (Å²) < 4.78 is 0. The van der Waals surface area contributed by atoms with Crippen LogP contribution in [0.5, 0.6) is 0 Å². The van der Waals surface area contributed by atoms with E-state index in [-0.39, 0.29) is 23.8 Å². The molecule has 2 rings (SSSR count). The van der Waals surface area contributed by atoms with Gasteiger partial charge in [0.1, 0.15) is 6.04 Å². The lowest BCUT2D eigenvalue weighted by Gasteiger charge is -2.23. The van der Waals surface area contributed by atoms with Crippen LogP contribution in [0.3, 0.4) is 0 Å². The van der Waals surface area contributed by atoms with E-state index in [1.165, 1.54) is 12.1 Å². The highest BCUT2D eigenvalue weighted by Gasteiger charge is 2.33. The molecule has 1 aliphatic rings. The minimum absolute atomic E-state index is 0.106. The Balaban J connectivity index is 2.09. The first-order valence-corrected chi connectivity index (χ1v) is 6.86. The molecule has 1 heterocycles. The number of carboxylic acids is 1. The van der Waals surface area contributed by atoms with Crippen LogP contribution in [0.1, 0.15) is 28.8 Å². The number of hydrogen-bond acceptors (Lipinski definition) is 3. The Morgan fingerprint density at radius 1 is 1.38 bits per heavy atom. The molecule has 1 saturated heterocycles. The zero-order valence-corrected chi connectivity index (χ0v) is 11.8. The van der Waals surface area contributed by atoms with Crippen LogP contribution in [-0.4, -0.2) is 47.4 Å². The van der Waals surface area contributed by atoms with Crippen molar-refractivity contribution in [1.29, 1.82) is 0 Å². The standard InChI is InChI=1S/C15H18N2O4/c1-16-14(19)12-6-3-7-17(12)13(18)9-10-4-2-5-11(8-10)15(20)21/h2,4-5,8,12H,3,6-7,9H2,1H3,(H,16,19)(H,20,21). The predicted octanol–water partition coefficient (Wildman–Crippen LogP) is 0.664. The van der Waals surface area contributed by atoms with E-state index in [2.05, 4.69) is 5.32 Å². The van der Waals surface area contributed by atoms with Crippen molar-refractivity contribution in [3.63, 3.8) is 0 Å². The molecule has 1 aromatic carbocycles. The summed E-state index contributed by atoms with van der Waals surface area (Å²) in [6, 6.07) is 5.90. The highest BCUT2D eigenvalue weighted by Crippen LogP contribution is 2.19. The van der Waals surface area contributed by atoms with E-state index in [9.17, 15) is 14.4 Å². The van der Waals surface area contributed by atoms with Crippen molar-refractivity contribution < 1.29 is 19.5 Å². The van der Waals surface area contributed by atoms with Crippen molar-refractivity contribution in [3.8, 4) is 0 Å². The van der Waals surface area contributed by atoms with Gasteiger partial charge in [-0.3, -0.25) is 9.59 Å². The molecule has 1 atom stereocenters. The van der Waals surface area contributed by atoms with Crippen LogP contribution < -0.4 is 5.32 Å². The van der Waals surface area contributed by atoms with Crippen molar-refractivity contribution in [1.82, 2.24) is 10.2 Å². The molecule has 0 radical (unpaired) electrons. The van der Waals surface area contributed by atoms with E-state index in [0.29, 0.717) is 18.5 Å². The summed E-state index contributed by atoms with van der Waals surface area (Å²) >= 11 is 0. The average molecular weight is 290 g/mol. The van der Waals surface area contributed by atoms with Crippen molar-refractivity contribution in [2.75, 3.05) is 13.6 Å². The molecule has 6 nitrogen and oxygen atoms in total. The Kier molecular flexibility index (Phi) is 4.57. The Hall–Kier alpha value is -2.37.